The van der Waals surface area contributed by atoms with Gasteiger partial charge in [0.1, 0.15) is 6.04 Å². The molecule has 0 saturated carbocycles. The number of thioether (sulfide) groups is 1. The maximum absolute atomic E-state index is 12.1. The number of sulfonamides is 1. The maximum Gasteiger partial charge on any atom is 0.241 e. The summed E-state index contributed by atoms with van der Waals surface area (Å²) in [5.41, 5.74) is 5.19. The van der Waals surface area contributed by atoms with Crippen molar-refractivity contribution in [3.05, 3.63) is 29.3 Å². The third-order valence-corrected chi connectivity index (χ3v) is 4.76. The zero-order chi connectivity index (χ0) is 14.5. The number of carbonyl (C=O) groups excluding carboxylic acids is 1. The molecule has 0 bridgehead atoms. The second-order valence-corrected chi connectivity index (χ2v) is 6.95. The Labute approximate surface area is 121 Å². The van der Waals surface area contributed by atoms with Crippen molar-refractivity contribution in [3.8, 4) is 0 Å². The Morgan fingerprint density at radius 1 is 1.42 bits per heavy atom. The number of carbonyl (C=O) groups is 1. The maximum atomic E-state index is 12.1. The molecule has 0 spiro atoms. The Morgan fingerprint density at radius 2 is 2.00 bits per heavy atom. The first kappa shape index (κ1) is 16.3. The number of halogens is 1. The summed E-state index contributed by atoms with van der Waals surface area (Å²) < 4.78 is 26.4. The number of amides is 1. The summed E-state index contributed by atoms with van der Waals surface area (Å²) in [6.07, 6.45) is 2.22. The van der Waals surface area contributed by atoms with Gasteiger partial charge in [-0.15, -0.1) is 0 Å². The molecule has 1 rings (SSSR count). The predicted molar refractivity (Wildman–Crippen MR) is 77.8 cm³/mol. The van der Waals surface area contributed by atoms with E-state index in [2.05, 4.69) is 4.72 Å². The minimum Gasteiger partial charge on any atom is -0.368 e. The average molecular weight is 323 g/mol. The SMILES string of the molecule is CSCC[C@H](NS(=O)(=O)c1ccc(Cl)cc1)C(N)=O. The summed E-state index contributed by atoms with van der Waals surface area (Å²) in [6.45, 7) is 0. The highest BCUT2D eigenvalue weighted by molar-refractivity contribution is 7.98. The van der Waals surface area contributed by atoms with E-state index >= 15 is 0 Å². The molecule has 1 amide bonds. The molecule has 0 aliphatic carbocycles. The van der Waals surface area contributed by atoms with Crippen LogP contribution < -0.4 is 10.5 Å². The van der Waals surface area contributed by atoms with Crippen LogP contribution in [-0.2, 0) is 14.8 Å². The van der Waals surface area contributed by atoms with E-state index in [1.54, 1.807) is 0 Å². The Balaban J connectivity index is 2.87. The monoisotopic (exact) mass is 322 g/mol. The Hall–Kier alpha value is -0.760. The number of nitrogens with one attached hydrogen (secondary N) is 1. The minimum atomic E-state index is -3.77. The Morgan fingerprint density at radius 3 is 2.47 bits per heavy atom. The number of hydrogen-bond donors (Lipinski definition) is 2. The number of primary amides is 1. The van der Waals surface area contributed by atoms with Crippen LogP contribution in [0.1, 0.15) is 6.42 Å². The van der Waals surface area contributed by atoms with Crippen LogP contribution in [0.25, 0.3) is 0 Å². The van der Waals surface area contributed by atoms with Crippen LogP contribution in [0, 0.1) is 0 Å². The zero-order valence-corrected chi connectivity index (χ0v) is 12.7. The fourth-order valence-electron chi connectivity index (χ4n) is 1.36. The Kier molecular flexibility index (Phi) is 6.12. The average Bonchev–Trinajstić information content (AvgIpc) is 2.34. The van der Waals surface area contributed by atoms with Crippen molar-refractivity contribution in [1.29, 1.82) is 0 Å². The van der Waals surface area contributed by atoms with Gasteiger partial charge in [-0.25, -0.2) is 8.42 Å². The molecular formula is C11H15ClN2O3S2. The molecule has 106 valence electrons. The van der Waals surface area contributed by atoms with Gasteiger partial charge in [0, 0.05) is 5.02 Å². The molecule has 0 heterocycles. The summed E-state index contributed by atoms with van der Waals surface area (Å²) >= 11 is 7.21. The van der Waals surface area contributed by atoms with E-state index in [1.807, 2.05) is 6.26 Å². The van der Waals surface area contributed by atoms with Crippen molar-refractivity contribution in [2.75, 3.05) is 12.0 Å². The summed E-state index contributed by atoms with van der Waals surface area (Å²) in [5.74, 6) is -0.0527. The second-order valence-electron chi connectivity index (χ2n) is 3.81. The van der Waals surface area contributed by atoms with Crippen molar-refractivity contribution in [1.82, 2.24) is 4.72 Å². The molecule has 0 fully saturated rings. The van der Waals surface area contributed by atoms with E-state index in [0.717, 1.165) is 0 Å². The van der Waals surface area contributed by atoms with Crippen LogP contribution in [0.4, 0.5) is 0 Å². The molecule has 0 aromatic heterocycles. The zero-order valence-electron chi connectivity index (χ0n) is 10.3. The first-order chi connectivity index (χ1) is 8.86. The van der Waals surface area contributed by atoms with Gasteiger partial charge >= 0.3 is 0 Å². The lowest BCUT2D eigenvalue weighted by Crippen LogP contribution is -2.44. The summed E-state index contributed by atoms with van der Waals surface area (Å²) in [7, 11) is -3.77. The van der Waals surface area contributed by atoms with Crippen LogP contribution in [0.5, 0.6) is 0 Å². The molecular weight excluding hydrogens is 308 g/mol. The normalized spacial score (nSPS) is 13.2. The van der Waals surface area contributed by atoms with Crippen molar-refractivity contribution in [2.24, 2.45) is 5.73 Å². The third kappa shape index (κ3) is 5.02. The Bertz CT molecular complexity index is 531. The molecule has 0 unspecified atom stereocenters. The van der Waals surface area contributed by atoms with E-state index in [9.17, 15) is 13.2 Å². The lowest BCUT2D eigenvalue weighted by Gasteiger charge is -2.15. The van der Waals surface area contributed by atoms with E-state index in [-0.39, 0.29) is 4.90 Å². The quantitative estimate of drug-likeness (QED) is 0.790. The first-order valence-electron chi connectivity index (χ1n) is 5.43. The number of hydrogen-bond acceptors (Lipinski definition) is 4. The van der Waals surface area contributed by atoms with Crippen molar-refractivity contribution in [2.45, 2.75) is 17.4 Å². The van der Waals surface area contributed by atoms with Crippen LogP contribution in [0.15, 0.2) is 29.2 Å². The molecule has 0 aliphatic heterocycles. The van der Waals surface area contributed by atoms with Gasteiger partial charge in [-0.1, -0.05) is 11.6 Å². The molecule has 19 heavy (non-hydrogen) atoms. The third-order valence-electron chi connectivity index (χ3n) is 2.38. The minimum absolute atomic E-state index is 0.0484. The molecule has 1 aromatic carbocycles. The highest BCUT2D eigenvalue weighted by Crippen LogP contribution is 2.15. The van der Waals surface area contributed by atoms with Gasteiger partial charge in [0.25, 0.3) is 0 Å². The molecule has 1 aromatic rings. The summed E-state index contributed by atoms with van der Waals surface area (Å²) in [5, 5.41) is 0.438. The summed E-state index contributed by atoms with van der Waals surface area (Å²) in [4.78, 5) is 11.3. The number of nitrogens with two attached hydrogens (primary N) is 1. The first-order valence-corrected chi connectivity index (χ1v) is 8.68. The van der Waals surface area contributed by atoms with E-state index in [1.165, 1.54) is 36.0 Å². The lowest BCUT2D eigenvalue weighted by molar-refractivity contribution is -0.119. The van der Waals surface area contributed by atoms with Gasteiger partial charge in [-0.2, -0.15) is 16.5 Å². The fraction of sp³-hybridized carbons (Fsp3) is 0.364. The highest BCUT2D eigenvalue weighted by Gasteiger charge is 2.23. The largest absolute Gasteiger partial charge is 0.368 e. The summed E-state index contributed by atoms with van der Waals surface area (Å²) in [6, 6.07) is 4.77. The van der Waals surface area contributed by atoms with Crippen LogP contribution in [0.3, 0.4) is 0 Å². The standard InChI is InChI=1S/C11H15ClN2O3S2/c1-18-7-6-10(11(13)15)14-19(16,17)9-4-2-8(12)3-5-9/h2-5,10,14H,6-7H2,1H3,(H2,13,15)/t10-/m0/s1. The van der Waals surface area contributed by atoms with E-state index in [0.29, 0.717) is 17.2 Å². The van der Waals surface area contributed by atoms with E-state index < -0.39 is 22.0 Å². The van der Waals surface area contributed by atoms with Gasteiger partial charge in [0.15, 0.2) is 0 Å². The van der Waals surface area contributed by atoms with Gasteiger partial charge in [-0.05, 0) is 42.7 Å². The highest BCUT2D eigenvalue weighted by atomic mass is 35.5. The fourth-order valence-corrected chi connectivity index (χ4v) is 3.20. The topological polar surface area (TPSA) is 89.3 Å². The smallest absolute Gasteiger partial charge is 0.241 e. The number of benzene rings is 1. The molecule has 5 nitrogen and oxygen atoms in total. The van der Waals surface area contributed by atoms with Crippen LogP contribution in [-0.4, -0.2) is 32.4 Å². The molecule has 1 atom stereocenters. The van der Waals surface area contributed by atoms with E-state index in [4.69, 9.17) is 17.3 Å². The lowest BCUT2D eigenvalue weighted by atomic mass is 10.2. The van der Waals surface area contributed by atoms with Crippen LogP contribution >= 0.6 is 23.4 Å². The van der Waals surface area contributed by atoms with Gasteiger partial charge in [0.2, 0.25) is 15.9 Å². The molecule has 8 heteroatoms. The van der Waals surface area contributed by atoms with Gasteiger partial charge < -0.3 is 5.73 Å². The van der Waals surface area contributed by atoms with Crippen molar-refractivity contribution < 1.29 is 13.2 Å². The molecule has 0 aliphatic rings. The molecule has 0 saturated heterocycles. The van der Waals surface area contributed by atoms with Gasteiger partial charge in [-0.3, -0.25) is 4.79 Å². The molecule has 0 radical (unpaired) electrons. The predicted octanol–water partition coefficient (Wildman–Crippen LogP) is 1.23. The van der Waals surface area contributed by atoms with Crippen molar-refractivity contribution >= 4 is 39.3 Å². The van der Waals surface area contributed by atoms with Gasteiger partial charge in [0.05, 0.1) is 4.90 Å². The second kappa shape index (κ2) is 7.14. The van der Waals surface area contributed by atoms with Crippen LogP contribution in [0.2, 0.25) is 5.02 Å². The molecule has 3 N–H and O–H groups in total. The van der Waals surface area contributed by atoms with Crippen molar-refractivity contribution in [3.63, 3.8) is 0 Å². The number of rotatable bonds is 7.